The molecule has 32 heavy (non-hydrogen) atoms. The lowest BCUT2D eigenvalue weighted by Gasteiger charge is -2.35. The number of esters is 1. The van der Waals surface area contributed by atoms with Gasteiger partial charge < -0.3 is 29.0 Å². The summed E-state index contributed by atoms with van der Waals surface area (Å²) in [6.07, 6.45) is -0.153. The van der Waals surface area contributed by atoms with Gasteiger partial charge in [-0.05, 0) is 47.0 Å². The molecule has 0 saturated carbocycles. The van der Waals surface area contributed by atoms with Gasteiger partial charge in [0.15, 0.2) is 0 Å². The van der Waals surface area contributed by atoms with E-state index >= 15 is 0 Å². The molecule has 0 aliphatic heterocycles. The normalized spacial score (nSPS) is 13.1. The van der Waals surface area contributed by atoms with Crippen molar-refractivity contribution in [2.45, 2.75) is 86.9 Å². The molecule has 0 bridgehead atoms. The summed E-state index contributed by atoms with van der Waals surface area (Å²) in [4.78, 5) is 26.4. The fraction of sp³-hybridized carbons (Fsp3) is 0.917. The fourth-order valence-electron chi connectivity index (χ4n) is 2.89. The molecule has 1 N–H and O–H groups in total. The zero-order valence-corrected chi connectivity index (χ0v) is 22.0. The highest BCUT2D eigenvalue weighted by atomic mass is 16.6. The van der Waals surface area contributed by atoms with Crippen molar-refractivity contribution in [3.8, 4) is 0 Å². The second-order valence-electron chi connectivity index (χ2n) is 11.8. The van der Waals surface area contributed by atoms with Gasteiger partial charge in [0.05, 0.1) is 39.5 Å². The summed E-state index contributed by atoms with van der Waals surface area (Å²) in [7, 11) is 0. The molecule has 0 aliphatic carbocycles. The Hall–Kier alpha value is -1.38. The van der Waals surface area contributed by atoms with Crippen molar-refractivity contribution >= 4 is 12.1 Å². The van der Waals surface area contributed by atoms with E-state index in [0.29, 0.717) is 32.9 Å². The van der Waals surface area contributed by atoms with Gasteiger partial charge in [-0.15, -0.1) is 0 Å². The van der Waals surface area contributed by atoms with E-state index < -0.39 is 17.3 Å². The molecule has 0 rings (SSSR count). The van der Waals surface area contributed by atoms with Crippen LogP contribution in [0.5, 0.6) is 0 Å². The predicted octanol–water partition coefficient (Wildman–Crippen LogP) is 4.03. The van der Waals surface area contributed by atoms with E-state index in [1.807, 2.05) is 69.2 Å². The maximum absolute atomic E-state index is 12.7. The number of ether oxygens (including phenoxy) is 4. The Morgan fingerprint density at radius 3 is 1.78 bits per heavy atom. The van der Waals surface area contributed by atoms with E-state index in [4.69, 9.17) is 24.1 Å². The third-order valence-electron chi connectivity index (χ3n) is 4.04. The lowest BCUT2D eigenvalue weighted by Crippen LogP contribution is -2.45. The quantitative estimate of drug-likeness (QED) is 0.327. The van der Waals surface area contributed by atoms with Crippen molar-refractivity contribution in [3.63, 3.8) is 0 Å². The minimum Gasteiger partial charge on any atom is -0.460 e. The van der Waals surface area contributed by atoms with E-state index in [1.54, 1.807) is 4.90 Å². The molecule has 1 amide bonds. The number of amides is 1. The first kappa shape index (κ1) is 30.6. The van der Waals surface area contributed by atoms with Crippen LogP contribution in [0.4, 0.5) is 4.79 Å². The third-order valence-corrected chi connectivity index (χ3v) is 4.04. The van der Waals surface area contributed by atoms with Crippen LogP contribution >= 0.6 is 0 Å². The summed E-state index contributed by atoms with van der Waals surface area (Å²) < 4.78 is 22.2. The molecule has 0 fully saturated rings. The molecule has 190 valence electrons. The van der Waals surface area contributed by atoms with Crippen LogP contribution in [-0.2, 0) is 23.7 Å². The smallest absolute Gasteiger partial charge is 0.410 e. The molecule has 0 aromatic rings. The number of hydrogen-bond acceptors (Lipinski definition) is 7. The maximum Gasteiger partial charge on any atom is 0.410 e. The van der Waals surface area contributed by atoms with E-state index in [2.05, 4.69) is 0 Å². The molecule has 0 atom stereocenters. The number of carbonyl (C=O) groups is 2. The third kappa shape index (κ3) is 16.3. The first-order chi connectivity index (χ1) is 14.4. The molecule has 0 unspecified atom stereocenters. The van der Waals surface area contributed by atoms with Gasteiger partial charge in [0.25, 0.3) is 0 Å². The highest BCUT2D eigenvalue weighted by Crippen LogP contribution is 2.26. The van der Waals surface area contributed by atoms with Crippen LogP contribution in [0.1, 0.15) is 75.7 Å². The number of nitrogens with zero attached hydrogens (tertiary/aromatic N) is 1. The SMILES string of the molecule is CC(C)(COCC(C)(C)CN(CCOCCO)C(=O)OC(C)(C)C)CC(=O)OC(C)(C)C. The molecule has 0 saturated heterocycles. The van der Waals surface area contributed by atoms with Crippen LogP contribution < -0.4 is 0 Å². The number of rotatable bonds is 13. The van der Waals surface area contributed by atoms with Crippen molar-refractivity contribution in [1.29, 1.82) is 0 Å². The Labute approximate surface area is 194 Å². The van der Waals surface area contributed by atoms with Gasteiger partial charge in [0.1, 0.15) is 11.2 Å². The van der Waals surface area contributed by atoms with Gasteiger partial charge in [0.2, 0.25) is 0 Å². The lowest BCUT2D eigenvalue weighted by molar-refractivity contribution is -0.158. The van der Waals surface area contributed by atoms with Gasteiger partial charge in [-0.1, -0.05) is 27.7 Å². The Bertz CT molecular complexity index is 574. The van der Waals surface area contributed by atoms with Gasteiger partial charge in [-0.3, -0.25) is 4.79 Å². The minimum absolute atomic E-state index is 0.0646. The van der Waals surface area contributed by atoms with Gasteiger partial charge in [-0.2, -0.15) is 0 Å². The van der Waals surface area contributed by atoms with Crippen LogP contribution in [0.25, 0.3) is 0 Å². The Balaban J connectivity index is 4.85. The molecular formula is C24H47NO7. The molecule has 8 nitrogen and oxygen atoms in total. The Morgan fingerprint density at radius 2 is 1.28 bits per heavy atom. The van der Waals surface area contributed by atoms with Crippen LogP contribution in [0, 0.1) is 10.8 Å². The molecule has 8 heteroatoms. The van der Waals surface area contributed by atoms with Crippen LogP contribution in [0.2, 0.25) is 0 Å². The molecule has 0 radical (unpaired) electrons. The van der Waals surface area contributed by atoms with E-state index in [-0.39, 0.29) is 36.4 Å². The number of carbonyl (C=O) groups excluding carboxylic acids is 2. The molecular weight excluding hydrogens is 414 g/mol. The summed E-state index contributed by atoms with van der Waals surface area (Å²) in [6, 6.07) is 0. The van der Waals surface area contributed by atoms with Gasteiger partial charge in [-0.25, -0.2) is 4.79 Å². The average Bonchev–Trinajstić information content (AvgIpc) is 2.53. The Kier molecular flexibility index (Phi) is 12.2. The summed E-state index contributed by atoms with van der Waals surface area (Å²) in [5.74, 6) is -0.246. The van der Waals surface area contributed by atoms with Gasteiger partial charge >= 0.3 is 12.1 Å². The van der Waals surface area contributed by atoms with Gasteiger partial charge in [0, 0.05) is 18.5 Å². The van der Waals surface area contributed by atoms with E-state index in [0.717, 1.165) is 0 Å². The molecule has 0 spiro atoms. The minimum atomic E-state index is -0.604. The molecule has 0 heterocycles. The predicted molar refractivity (Wildman–Crippen MR) is 125 cm³/mol. The number of aliphatic hydroxyl groups excluding tert-OH is 1. The molecule has 0 aromatic carbocycles. The maximum atomic E-state index is 12.7. The first-order valence-electron chi connectivity index (χ1n) is 11.3. The standard InChI is InChI=1S/C24H47NO7/c1-21(2,3)31-19(27)15-23(7,8)17-30-18-24(9,10)16-25(11-13-29-14-12-26)20(28)32-22(4,5)6/h26H,11-18H2,1-10H3. The van der Waals surface area contributed by atoms with Crippen LogP contribution in [0.15, 0.2) is 0 Å². The highest BCUT2D eigenvalue weighted by molar-refractivity contribution is 5.70. The highest BCUT2D eigenvalue weighted by Gasteiger charge is 2.31. The van der Waals surface area contributed by atoms with E-state index in [1.165, 1.54) is 0 Å². The summed E-state index contributed by atoms with van der Waals surface area (Å²) >= 11 is 0. The zero-order valence-electron chi connectivity index (χ0n) is 22.0. The summed E-state index contributed by atoms with van der Waals surface area (Å²) in [5, 5.41) is 8.88. The average molecular weight is 462 g/mol. The fourth-order valence-corrected chi connectivity index (χ4v) is 2.89. The van der Waals surface area contributed by atoms with E-state index in [9.17, 15) is 9.59 Å². The van der Waals surface area contributed by atoms with Crippen LogP contribution in [0.3, 0.4) is 0 Å². The molecule has 0 aromatic heterocycles. The van der Waals surface area contributed by atoms with Crippen molar-refractivity contribution in [1.82, 2.24) is 4.90 Å². The van der Waals surface area contributed by atoms with Crippen molar-refractivity contribution in [3.05, 3.63) is 0 Å². The van der Waals surface area contributed by atoms with Crippen molar-refractivity contribution < 1.29 is 33.6 Å². The van der Waals surface area contributed by atoms with Crippen LogP contribution in [-0.4, -0.2) is 79.4 Å². The van der Waals surface area contributed by atoms with Crippen molar-refractivity contribution in [2.24, 2.45) is 10.8 Å². The summed E-state index contributed by atoms with van der Waals surface area (Å²) in [5.41, 5.74) is -1.84. The van der Waals surface area contributed by atoms with Crippen molar-refractivity contribution in [2.75, 3.05) is 46.1 Å². The number of hydrogen-bond donors (Lipinski definition) is 1. The second-order valence-corrected chi connectivity index (χ2v) is 11.8. The zero-order chi connectivity index (χ0) is 25.2. The second kappa shape index (κ2) is 12.8. The lowest BCUT2D eigenvalue weighted by atomic mass is 9.90. The molecule has 0 aliphatic rings. The first-order valence-corrected chi connectivity index (χ1v) is 11.3. The largest absolute Gasteiger partial charge is 0.460 e. The summed E-state index contributed by atoms with van der Waals surface area (Å²) in [6.45, 7) is 21.0. The number of aliphatic hydroxyl groups is 1. The topological polar surface area (TPSA) is 94.5 Å². The Morgan fingerprint density at radius 1 is 0.750 bits per heavy atom. The monoisotopic (exact) mass is 461 g/mol.